The molecule has 0 amide bonds. The van der Waals surface area contributed by atoms with E-state index >= 15 is 0 Å². The Morgan fingerprint density at radius 2 is 2.14 bits per heavy atom. The van der Waals surface area contributed by atoms with Gasteiger partial charge in [-0.15, -0.1) is 11.3 Å². The first kappa shape index (κ1) is 17.3. The molecule has 0 aliphatic carbocycles. The average Bonchev–Trinajstić information content (AvgIpc) is 2.95. The van der Waals surface area contributed by atoms with Gasteiger partial charge in [0.1, 0.15) is 0 Å². The summed E-state index contributed by atoms with van der Waals surface area (Å²) in [5, 5.41) is 7.97. The molecule has 0 aliphatic rings. The molecule has 0 saturated carbocycles. The number of thiophene rings is 1. The molecule has 0 aromatic carbocycles. The molecular formula is C14H18BrCl2N3S. The number of nitrogens with zero attached hydrogens (tertiary/aromatic N) is 2. The van der Waals surface area contributed by atoms with Gasteiger partial charge in [-0.1, -0.05) is 30.1 Å². The van der Waals surface area contributed by atoms with E-state index in [1.165, 1.54) is 17.0 Å². The maximum Gasteiger partial charge on any atom is 0.0992 e. The van der Waals surface area contributed by atoms with Crippen molar-refractivity contribution in [2.24, 2.45) is 0 Å². The van der Waals surface area contributed by atoms with Gasteiger partial charge in [0.25, 0.3) is 0 Å². The van der Waals surface area contributed by atoms with E-state index in [0.29, 0.717) is 4.34 Å². The van der Waals surface area contributed by atoms with E-state index in [9.17, 15) is 0 Å². The van der Waals surface area contributed by atoms with Gasteiger partial charge in [0.05, 0.1) is 24.5 Å². The van der Waals surface area contributed by atoms with Crippen molar-refractivity contribution < 1.29 is 0 Å². The van der Waals surface area contributed by atoms with Crippen LogP contribution in [0.25, 0.3) is 0 Å². The molecule has 0 spiro atoms. The Kier molecular flexibility index (Phi) is 6.15. The molecule has 0 radical (unpaired) electrons. The lowest BCUT2D eigenvalue weighted by atomic mass is 10.0. The fourth-order valence-electron chi connectivity index (χ4n) is 2.36. The highest BCUT2D eigenvalue weighted by atomic mass is 79.9. The van der Waals surface area contributed by atoms with Gasteiger partial charge in [0.15, 0.2) is 0 Å². The number of rotatable bonds is 6. The van der Waals surface area contributed by atoms with Crippen LogP contribution in [0.4, 0.5) is 0 Å². The molecular weight excluding hydrogens is 393 g/mol. The molecule has 2 rings (SSSR count). The topological polar surface area (TPSA) is 29.9 Å². The van der Waals surface area contributed by atoms with Crippen LogP contribution in [0.1, 0.15) is 36.8 Å². The van der Waals surface area contributed by atoms with Crippen molar-refractivity contribution in [2.45, 2.75) is 39.3 Å². The van der Waals surface area contributed by atoms with Crippen molar-refractivity contribution in [1.29, 1.82) is 0 Å². The zero-order valence-electron chi connectivity index (χ0n) is 12.2. The second-order valence-electron chi connectivity index (χ2n) is 4.70. The monoisotopic (exact) mass is 409 g/mol. The van der Waals surface area contributed by atoms with Gasteiger partial charge in [0.2, 0.25) is 0 Å². The summed E-state index contributed by atoms with van der Waals surface area (Å²) in [5.41, 5.74) is 3.33. The Morgan fingerprint density at radius 1 is 1.43 bits per heavy atom. The largest absolute Gasteiger partial charge is 0.313 e. The van der Waals surface area contributed by atoms with Crippen molar-refractivity contribution in [3.05, 3.63) is 36.2 Å². The Balaban J connectivity index is 2.35. The van der Waals surface area contributed by atoms with Gasteiger partial charge in [-0.3, -0.25) is 4.68 Å². The minimum absolute atomic E-state index is 0.115. The van der Waals surface area contributed by atoms with E-state index < -0.39 is 0 Å². The molecule has 3 nitrogen and oxygen atoms in total. The molecule has 21 heavy (non-hydrogen) atoms. The van der Waals surface area contributed by atoms with Gasteiger partial charge in [-0.2, -0.15) is 5.10 Å². The van der Waals surface area contributed by atoms with Crippen molar-refractivity contribution >= 4 is 50.5 Å². The molecule has 2 heterocycles. The molecule has 0 fully saturated rings. The standard InChI is InChI=1S/C14H18BrCl2N3S/c1-4-9-13(15)11(20(5-2)19-9)7-10(18-3)8-6-12(16)21-14(8)17/h6,10,18H,4-5,7H2,1-3H3. The second-order valence-corrected chi connectivity index (χ2v) is 7.78. The van der Waals surface area contributed by atoms with Crippen molar-refractivity contribution in [2.75, 3.05) is 7.05 Å². The van der Waals surface area contributed by atoms with Gasteiger partial charge >= 0.3 is 0 Å². The number of aryl methyl sites for hydroxylation is 2. The Hall–Kier alpha value is -0.0700. The van der Waals surface area contributed by atoms with E-state index in [1.807, 2.05) is 13.1 Å². The maximum atomic E-state index is 6.29. The maximum absolute atomic E-state index is 6.29. The predicted octanol–water partition coefficient (Wildman–Crippen LogP) is 5.10. The Morgan fingerprint density at radius 3 is 2.62 bits per heavy atom. The van der Waals surface area contributed by atoms with Crippen LogP contribution in [0, 0.1) is 0 Å². The van der Waals surface area contributed by atoms with Crippen LogP contribution in [-0.2, 0) is 19.4 Å². The highest BCUT2D eigenvalue weighted by Crippen LogP contribution is 2.37. The SMILES string of the molecule is CCc1nn(CC)c(CC(NC)c2cc(Cl)sc2Cl)c1Br. The summed E-state index contributed by atoms with van der Waals surface area (Å²) in [6.07, 6.45) is 1.72. The summed E-state index contributed by atoms with van der Waals surface area (Å²) in [7, 11) is 1.94. The molecule has 0 bridgehead atoms. The highest BCUT2D eigenvalue weighted by Gasteiger charge is 2.21. The number of nitrogens with one attached hydrogen (secondary N) is 1. The number of hydrogen-bond acceptors (Lipinski definition) is 3. The Labute approximate surface area is 147 Å². The number of halogens is 3. The van der Waals surface area contributed by atoms with Crippen LogP contribution < -0.4 is 5.32 Å². The molecule has 0 saturated heterocycles. The second kappa shape index (κ2) is 7.47. The lowest BCUT2D eigenvalue weighted by Gasteiger charge is -2.17. The van der Waals surface area contributed by atoms with Crippen LogP contribution >= 0.6 is 50.5 Å². The van der Waals surface area contributed by atoms with Gasteiger partial charge in [-0.05, 0) is 42.4 Å². The first-order chi connectivity index (χ1) is 10.0. The third-order valence-corrected chi connectivity index (χ3v) is 5.93. The van der Waals surface area contributed by atoms with Crippen molar-refractivity contribution in [3.8, 4) is 0 Å². The molecule has 7 heteroatoms. The lowest BCUT2D eigenvalue weighted by Crippen LogP contribution is -2.20. The van der Waals surface area contributed by atoms with Gasteiger partial charge in [0, 0.05) is 24.6 Å². The zero-order chi connectivity index (χ0) is 15.6. The highest BCUT2D eigenvalue weighted by molar-refractivity contribution is 9.10. The fraction of sp³-hybridized carbons (Fsp3) is 0.500. The van der Waals surface area contributed by atoms with Crippen molar-refractivity contribution in [1.82, 2.24) is 15.1 Å². The first-order valence-electron chi connectivity index (χ1n) is 6.87. The summed E-state index contributed by atoms with van der Waals surface area (Å²) in [6.45, 7) is 5.07. The summed E-state index contributed by atoms with van der Waals surface area (Å²) in [4.78, 5) is 0. The number of hydrogen-bond donors (Lipinski definition) is 1. The molecule has 116 valence electrons. The molecule has 2 aromatic heterocycles. The van der Waals surface area contributed by atoms with E-state index in [0.717, 1.165) is 39.5 Å². The molecule has 1 N–H and O–H groups in total. The van der Waals surface area contributed by atoms with Crippen LogP contribution in [-0.4, -0.2) is 16.8 Å². The Bertz CT molecular complexity index is 624. The minimum atomic E-state index is 0.115. The van der Waals surface area contributed by atoms with Crippen molar-refractivity contribution in [3.63, 3.8) is 0 Å². The van der Waals surface area contributed by atoms with Crippen LogP contribution in [0.2, 0.25) is 8.67 Å². The fourth-order valence-corrected chi connectivity index (χ4v) is 4.67. The molecule has 1 atom stereocenters. The predicted molar refractivity (Wildman–Crippen MR) is 94.8 cm³/mol. The quantitative estimate of drug-likeness (QED) is 0.717. The van der Waals surface area contributed by atoms with E-state index in [2.05, 4.69) is 44.9 Å². The number of aromatic nitrogens is 2. The van der Waals surface area contributed by atoms with Gasteiger partial charge in [-0.25, -0.2) is 0 Å². The first-order valence-corrected chi connectivity index (χ1v) is 9.24. The van der Waals surface area contributed by atoms with E-state index in [4.69, 9.17) is 23.2 Å². The summed E-state index contributed by atoms with van der Waals surface area (Å²) in [5.74, 6) is 0. The normalized spacial score (nSPS) is 12.9. The summed E-state index contributed by atoms with van der Waals surface area (Å²) >= 11 is 17.4. The third-order valence-electron chi connectivity index (χ3n) is 3.50. The van der Waals surface area contributed by atoms with Crippen LogP contribution in [0.3, 0.4) is 0 Å². The van der Waals surface area contributed by atoms with E-state index in [1.54, 1.807) is 0 Å². The molecule has 2 aromatic rings. The summed E-state index contributed by atoms with van der Waals surface area (Å²) < 4.78 is 4.61. The average molecular weight is 411 g/mol. The minimum Gasteiger partial charge on any atom is -0.313 e. The zero-order valence-corrected chi connectivity index (χ0v) is 16.1. The smallest absolute Gasteiger partial charge is 0.0992 e. The van der Waals surface area contributed by atoms with Gasteiger partial charge < -0.3 is 5.32 Å². The molecule has 0 aliphatic heterocycles. The van der Waals surface area contributed by atoms with E-state index in [-0.39, 0.29) is 6.04 Å². The third kappa shape index (κ3) is 3.64. The van der Waals surface area contributed by atoms with Crippen LogP contribution in [0.15, 0.2) is 10.5 Å². The lowest BCUT2D eigenvalue weighted by molar-refractivity contribution is 0.540. The summed E-state index contributed by atoms with van der Waals surface area (Å²) in [6, 6.07) is 2.06. The van der Waals surface area contributed by atoms with Crippen LogP contribution in [0.5, 0.6) is 0 Å². The molecule has 1 unspecified atom stereocenters. The number of likely N-dealkylation sites (N-methyl/N-ethyl adjacent to an activating group) is 1.